The fourth-order valence-electron chi connectivity index (χ4n) is 3.54. The quantitative estimate of drug-likeness (QED) is 0.643. The minimum absolute atomic E-state index is 0.181. The van der Waals surface area contributed by atoms with Crippen LogP contribution < -0.4 is 5.32 Å². The second-order valence-corrected chi connectivity index (χ2v) is 8.23. The van der Waals surface area contributed by atoms with Crippen molar-refractivity contribution in [2.75, 3.05) is 6.61 Å². The summed E-state index contributed by atoms with van der Waals surface area (Å²) in [6.45, 7) is 4.05. The van der Waals surface area contributed by atoms with E-state index in [0.717, 1.165) is 12.0 Å². The van der Waals surface area contributed by atoms with E-state index in [9.17, 15) is 13.2 Å². The zero-order chi connectivity index (χ0) is 17.4. The lowest BCUT2D eigenvalue weighted by atomic mass is 9.80. The monoisotopic (exact) mass is 353 g/mol. The van der Waals surface area contributed by atoms with Gasteiger partial charge in [-0.05, 0) is 51.7 Å². The predicted octanol–water partition coefficient (Wildman–Crippen LogP) is 1.92. The molecule has 3 atom stereocenters. The summed E-state index contributed by atoms with van der Waals surface area (Å²) >= 11 is 0. The van der Waals surface area contributed by atoms with Crippen LogP contribution in [0.5, 0.6) is 0 Å². The zero-order valence-corrected chi connectivity index (χ0v) is 14.8. The zero-order valence-electron chi connectivity index (χ0n) is 13.9. The summed E-state index contributed by atoms with van der Waals surface area (Å²) in [5, 5.41) is 3.25. The van der Waals surface area contributed by atoms with Gasteiger partial charge in [-0.25, -0.2) is 0 Å². The average molecular weight is 353 g/mol. The third kappa shape index (κ3) is 3.48. The van der Waals surface area contributed by atoms with Crippen molar-refractivity contribution in [3.05, 3.63) is 29.8 Å². The molecule has 1 aromatic rings. The number of nitrogens with one attached hydrogen (secondary N) is 1. The number of rotatable bonds is 5. The first-order valence-electron chi connectivity index (χ1n) is 8.28. The van der Waals surface area contributed by atoms with Crippen molar-refractivity contribution < 1.29 is 22.1 Å². The van der Waals surface area contributed by atoms with Crippen molar-refractivity contribution in [1.29, 1.82) is 0 Å². The molecular formula is C17H23NO5S. The Kier molecular flexibility index (Phi) is 4.68. The van der Waals surface area contributed by atoms with E-state index in [-0.39, 0.29) is 28.5 Å². The average Bonchev–Trinajstić information content (AvgIpc) is 2.90. The molecular weight excluding hydrogens is 330 g/mol. The molecule has 0 bridgehead atoms. The van der Waals surface area contributed by atoms with Gasteiger partial charge in [-0.15, -0.1) is 0 Å². The van der Waals surface area contributed by atoms with Crippen LogP contribution in [0.1, 0.15) is 38.2 Å². The van der Waals surface area contributed by atoms with Gasteiger partial charge < -0.3 is 4.74 Å². The van der Waals surface area contributed by atoms with Crippen LogP contribution in [0.25, 0.3) is 0 Å². The predicted molar refractivity (Wildman–Crippen MR) is 88.0 cm³/mol. The molecule has 1 heterocycles. The van der Waals surface area contributed by atoms with Crippen LogP contribution >= 0.6 is 0 Å². The SMILES string of the molecule is CCOC(=O)C1CC2(CC[C@H](OS(=O)(=O)c3ccc(C)cc3)C2)N1. The molecule has 0 radical (unpaired) electrons. The fraction of sp³-hybridized carbons (Fsp3) is 0.588. The molecule has 132 valence electrons. The van der Waals surface area contributed by atoms with Gasteiger partial charge in [-0.2, -0.15) is 8.42 Å². The van der Waals surface area contributed by atoms with Crippen LogP contribution in [0, 0.1) is 6.92 Å². The Morgan fingerprint density at radius 2 is 1.96 bits per heavy atom. The minimum atomic E-state index is -3.75. The normalized spacial score (nSPS) is 29.4. The van der Waals surface area contributed by atoms with E-state index in [1.165, 1.54) is 0 Å². The molecule has 6 nitrogen and oxygen atoms in total. The van der Waals surface area contributed by atoms with Crippen molar-refractivity contribution in [3.63, 3.8) is 0 Å². The Bertz CT molecular complexity index is 707. The molecule has 1 saturated heterocycles. The number of hydrogen-bond acceptors (Lipinski definition) is 6. The van der Waals surface area contributed by atoms with Crippen LogP contribution in [-0.2, 0) is 23.8 Å². The van der Waals surface area contributed by atoms with Gasteiger partial charge >= 0.3 is 5.97 Å². The highest BCUT2D eigenvalue weighted by Gasteiger charge is 2.52. The highest BCUT2D eigenvalue weighted by atomic mass is 32.2. The van der Waals surface area contributed by atoms with Gasteiger partial charge in [0.15, 0.2) is 0 Å². The van der Waals surface area contributed by atoms with Crippen molar-refractivity contribution in [1.82, 2.24) is 5.32 Å². The molecule has 1 aliphatic carbocycles. The molecule has 2 unspecified atom stereocenters. The molecule has 7 heteroatoms. The largest absolute Gasteiger partial charge is 0.465 e. The molecule has 2 aliphatic rings. The lowest BCUT2D eigenvalue weighted by molar-refractivity contribution is -0.150. The van der Waals surface area contributed by atoms with E-state index in [2.05, 4.69) is 5.32 Å². The van der Waals surface area contributed by atoms with Crippen LogP contribution in [0.2, 0.25) is 0 Å². The summed E-state index contributed by atoms with van der Waals surface area (Å²) in [6.07, 6.45) is 2.38. The standard InChI is InChI=1S/C17H23NO5S/c1-3-22-16(19)15-11-17(18-15)9-8-13(10-17)23-24(20,21)14-6-4-12(2)5-7-14/h4-7,13,15,18H,3,8-11H2,1-2H3/t13-,15?,17?/m0/s1. The van der Waals surface area contributed by atoms with Gasteiger partial charge in [0.05, 0.1) is 17.6 Å². The first-order valence-corrected chi connectivity index (χ1v) is 9.69. The number of benzene rings is 1. The van der Waals surface area contributed by atoms with E-state index in [1.807, 2.05) is 6.92 Å². The molecule has 1 N–H and O–H groups in total. The summed E-state index contributed by atoms with van der Waals surface area (Å²) in [5.41, 5.74) is 0.808. The number of esters is 1. The lowest BCUT2D eigenvalue weighted by Crippen LogP contribution is -2.65. The van der Waals surface area contributed by atoms with Crippen LogP contribution in [0.3, 0.4) is 0 Å². The molecule has 1 aromatic carbocycles. The van der Waals surface area contributed by atoms with Crippen LogP contribution in [-0.4, -0.2) is 38.7 Å². The van der Waals surface area contributed by atoms with Gasteiger partial charge in [0, 0.05) is 5.54 Å². The number of hydrogen-bond donors (Lipinski definition) is 1. The summed E-state index contributed by atoms with van der Waals surface area (Å²) in [6, 6.07) is 6.35. The minimum Gasteiger partial charge on any atom is -0.465 e. The van der Waals surface area contributed by atoms with Gasteiger partial charge in [-0.1, -0.05) is 17.7 Å². The van der Waals surface area contributed by atoms with Gasteiger partial charge in [-0.3, -0.25) is 14.3 Å². The number of carbonyl (C=O) groups excluding carboxylic acids is 1. The lowest BCUT2D eigenvalue weighted by Gasteiger charge is -2.45. The van der Waals surface area contributed by atoms with Gasteiger partial charge in [0.1, 0.15) is 6.04 Å². The van der Waals surface area contributed by atoms with E-state index in [0.29, 0.717) is 25.9 Å². The van der Waals surface area contributed by atoms with Crippen molar-refractivity contribution >= 4 is 16.1 Å². The second kappa shape index (κ2) is 6.46. The first-order chi connectivity index (χ1) is 11.3. The van der Waals surface area contributed by atoms with Crippen molar-refractivity contribution in [2.45, 2.75) is 62.1 Å². The Morgan fingerprint density at radius 1 is 1.29 bits per heavy atom. The maximum Gasteiger partial charge on any atom is 0.323 e. The molecule has 1 spiro atoms. The third-order valence-electron chi connectivity index (χ3n) is 4.78. The Labute approximate surface area is 142 Å². The summed E-state index contributed by atoms with van der Waals surface area (Å²) in [4.78, 5) is 11.9. The Morgan fingerprint density at radius 3 is 2.58 bits per heavy atom. The first kappa shape index (κ1) is 17.4. The third-order valence-corrected chi connectivity index (χ3v) is 6.16. The van der Waals surface area contributed by atoms with Crippen LogP contribution in [0.15, 0.2) is 29.2 Å². The Balaban J connectivity index is 1.57. The van der Waals surface area contributed by atoms with E-state index in [1.54, 1.807) is 31.2 Å². The second-order valence-electron chi connectivity index (χ2n) is 6.66. The van der Waals surface area contributed by atoms with Gasteiger partial charge in [0.25, 0.3) is 10.1 Å². The summed E-state index contributed by atoms with van der Waals surface area (Å²) < 4.78 is 35.1. The molecule has 0 amide bonds. The topological polar surface area (TPSA) is 81.7 Å². The molecule has 2 fully saturated rings. The highest BCUT2D eigenvalue weighted by molar-refractivity contribution is 7.86. The highest BCUT2D eigenvalue weighted by Crippen LogP contribution is 2.42. The van der Waals surface area contributed by atoms with Crippen molar-refractivity contribution in [2.24, 2.45) is 0 Å². The molecule has 24 heavy (non-hydrogen) atoms. The van der Waals surface area contributed by atoms with Crippen molar-refractivity contribution in [3.8, 4) is 0 Å². The van der Waals surface area contributed by atoms with E-state index < -0.39 is 10.1 Å². The van der Waals surface area contributed by atoms with E-state index in [4.69, 9.17) is 8.92 Å². The molecule has 3 rings (SSSR count). The molecule has 0 aromatic heterocycles. The number of carbonyl (C=O) groups is 1. The summed E-state index contributed by atoms with van der Waals surface area (Å²) in [7, 11) is -3.75. The van der Waals surface area contributed by atoms with Crippen LogP contribution in [0.4, 0.5) is 0 Å². The van der Waals surface area contributed by atoms with E-state index >= 15 is 0 Å². The number of ether oxygens (including phenoxy) is 1. The number of aryl methyl sites for hydroxylation is 1. The maximum atomic E-state index is 12.4. The molecule has 1 saturated carbocycles. The smallest absolute Gasteiger partial charge is 0.323 e. The summed E-state index contributed by atoms with van der Waals surface area (Å²) in [5.74, 6) is -0.236. The molecule has 1 aliphatic heterocycles. The Hall–Kier alpha value is -1.44. The fourth-order valence-corrected chi connectivity index (χ4v) is 4.64. The van der Waals surface area contributed by atoms with Gasteiger partial charge in [0.2, 0.25) is 0 Å². The maximum absolute atomic E-state index is 12.4.